The molecule has 3 rings (SSSR count). The summed E-state index contributed by atoms with van der Waals surface area (Å²) in [5.41, 5.74) is 1.83. The zero-order valence-electron chi connectivity index (χ0n) is 13.6. The second-order valence-electron chi connectivity index (χ2n) is 6.11. The Morgan fingerprint density at radius 2 is 1.46 bits per heavy atom. The zero-order chi connectivity index (χ0) is 16.8. The van der Waals surface area contributed by atoms with Crippen LogP contribution in [0.3, 0.4) is 0 Å². The number of sulfonamides is 1. The zero-order valence-corrected chi connectivity index (χ0v) is 14.4. The summed E-state index contributed by atoms with van der Waals surface area (Å²) in [4.78, 5) is 2.66. The normalized spacial score (nSPS) is 16.8. The molecular formula is C19H22N2O2S. The van der Waals surface area contributed by atoms with Gasteiger partial charge in [-0.3, -0.25) is 0 Å². The fourth-order valence-corrected chi connectivity index (χ4v) is 3.98. The lowest BCUT2D eigenvalue weighted by molar-refractivity contribution is 0.438. The topological polar surface area (TPSA) is 58.5 Å². The number of nitrogens with one attached hydrogen (secondary N) is 1. The summed E-state index contributed by atoms with van der Waals surface area (Å²) in [7, 11) is -3.64. The molecule has 1 saturated carbocycles. The van der Waals surface area contributed by atoms with Crippen molar-refractivity contribution in [2.24, 2.45) is 11.0 Å². The summed E-state index contributed by atoms with van der Waals surface area (Å²) in [6, 6.07) is 18.2. The van der Waals surface area contributed by atoms with Crippen LogP contribution in [0.4, 0.5) is 0 Å². The molecule has 4 nitrogen and oxygen atoms in total. The van der Waals surface area contributed by atoms with Crippen molar-refractivity contribution in [3.8, 4) is 0 Å². The maximum Gasteiger partial charge on any atom is 0.276 e. The Kier molecular flexibility index (Phi) is 5.30. The van der Waals surface area contributed by atoms with Gasteiger partial charge < -0.3 is 0 Å². The predicted octanol–water partition coefficient (Wildman–Crippen LogP) is 3.95. The Morgan fingerprint density at radius 3 is 2.08 bits per heavy atom. The predicted molar refractivity (Wildman–Crippen MR) is 96.3 cm³/mol. The van der Waals surface area contributed by atoms with Crippen LogP contribution in [0.2, 0.25) is 0 Å². The van der Waals surface area contributed by atoms with Crippen molar-refractivity contribution in [1.82, 2.24) is 4.83 Å². The van der Waals surface area contributed by atoms with Crippen molar-refractivity contribution in [2.75, 3.05) is 0 Å². The molecule has 0 aliphatic heterocycles. The Labute approximate surface area is 143 Å². The van der Waals surface area contributed by atoms with Gasteiger partial charge in [0, 0.05) is 5.92 Å². The molecule has 0 atom stereocenters. The molecule has 1 aliphatic rings. The van der Waals surface area contributed by atoms with Crippen LogP contribution in [0.25, 0.3) is 0 Å². The van der Waals surface area contributed by atoms with Gasteiger partial charge in [-0.05, 0) is 30.5 Å². The van der Waals surface area contributed by atoms with E-state index in [0.717, 1.165) is 24.1 Å². The maximum atomic E-state index is 12.4. The van der Waals surface area contributed by atoms with Crippen molar-refractivity contribution < 1.29 is 8.42 Å². The molecule has 2 aromatic rings. The lowest BCUT2D eigenvalue weighted by atomic mass is 9.83. The van der Waals surface area contributed by atoms with Gasteiger partial charge in [-0.25, -0.2) is 0 Å². The van der Waals surface area contributed by atoms with Crippen molar-refractivity contribution in [1.29, 1.82) is 0 Å². The fourth-order valence-electron chi connectivity index (χ4n) is 3.14. The first-order chi connectivity index (χ1) is 11.7. The number of hydrogen-bond acceptors (Lipinski definition) is 3. The number of rotatable bonds is 5. The molecule has 0 amide bonds. The summed E-state index contributed by atoms with van der Waals surface area (Å²) in [5, 5.41) is 4.34. The molecule has 2 aromatic carbocycles. The van der Waals surface area contributed by atoms with E-state index in [-0.39, 0.29) is 4.90 Å². The van der Waals surface area contributed by atoms with Gasteiger partial charge in [0.25, 0.3) is 10.0 Å². The summed E-state index contributed by atoms with van der Waals surface area (Å²) < 4.78 is 24.9. The molecule has 0 saturated heterocycles. The number of benzene rings is 2. The summed E-state index contributed by atoms with van der Waals surface area (Å²) in [6.07, 6.45) is 5.69. The molecule has 5 heteroatoms. The van der Waals surface area contributed by atoms with E-state index in [0.29, 0.717) is 5.92 Å². The van der Waals surface area contributed by atoms with Crippen LogP contribution in [0.5, 0.6) is 0 Å². The molecule has 126 valence electrons. The minimum Gasteiger partial charge on any atom is -0.200 e. The molecule has 0 aromatic heterocycles. The SMILES string of the molecule is O=S(=O)(N/N=C(\c1ccccc1)C1CCCCC1)c1ccccc1. The van der Waals surface area contributed by atoms with Gasteiger partial charge >= 0.3 is 0 Å². The average molecular weight is 342 g/mol. The van der Waals surface area contributed by atoms with E-state index < -0.39 is 10.0 Å². The van der Waals surface area contributed by atoms with Crippen molar-refractivity contribution in [3.05, 3.63) is 66.2 Å². The Bertz CT molecular complexity index is 781. The minimum absolute atomic E-state index is 0.227. The third-order valence-corrected chi connectivity index (χ3v) is 5.63. The second-order valence-corrected chi connectivity index (χ2v) is 7.77. The molecule has 0 unspecified atom stereocenters. The Morgan fingerprint density at radius 1 is 0.875 bits per heavy atom. The second kappa shape index (κ2) is 7.62. The average Bonchev–Trinajstić information content (AvgIpc) is 2.64. The highest BCUT2D eigenvalue weighted by molar-refractivity contribution is 7.89. The van der Waals surface area contributed by atoms with Crippen LogP contribution >= 0.6 is 0 Å². The molecule has 1 fully saturated rings. The minimum atomic E-state index is -3.64. The van der Waals surface area contributed by atoms with Crippen LogP contribution in [0, 0.1) is 5.92 Å². The standard InChI is InChI=1S/C19H22N2O2S/c22-24(23,18-14-8-3-9-15-18)21-20-19(16-10-4-1-5-11-16)17-12-6-2-7-13-17/h1,3-5,8-11,14-15,17,21H,2,6-7,12-13H2/b20-19+. The van der Waals surface area contributed by atoms with E-state index in [4.69, 9.17) is 0 Å². The molecule has 1 N–H and O–H groups in total. The van der Waals surface area contributed by atoms with Gasteiger partial charge in [0.05, 0.1) is 10.6 Å². The molecule has 0 bridgehead atoms. The first-order valence-corrected chi connectivity index (χ1v) is 9.85. The van der Waals surface area contributed by atoms with E-state index in [2.05, 4.69) is 9.93 Å². The quantitative estimate of drug-likeness (QED) is 0.661. The largest absolute Gasteiger partial charge is 0.276 e. The Balaban J connectivity index is 1.89. The number of hydrazone groups is 1. The van der Waals surface area contributed by atoms with Crippen LogP contribution < -0.4 is 4.83 Å². The molecule has 1 aliphatic carbocycles. The lowest BCUT2D eigenvalue weighted by Gasteiger charge is -2.23. The van der Waals surface area contributed by atoms with Crippen molar-refractivity contribution >= 4 is 15.7 Å². The number of nitrogens with zero attached hydrogens (tertiary/aromatic N) is 1. The molecule has 0 spiro atoms. The van der Waals surface area contributed by atoms with Crippen molar-refractivity contribution in [2.45, 2.75) is 37.0 Å². The summed E-state index contributed by atoms with van der Waals surface area (Å²) in [5.74, 6) is 0.305. The highest BCUT2D eigenvalue weighted by atomic mass is 32.2. The van der Waals surface area contributed by atoms with Crippen LogP contribution in [0.1, 0.15) is 37.7 Å². The van der Waals surface area contributed by atoms with Crippen LogP contribution in [-0.2, 0) is 10.0 Å². The first kappa shape index (κ1) is 16.7. The highest BCUT2D eigenvalue weighted by Crippen LogP contribution is 2.27. The fraction of sp³-hybridized carbons (Fsp3) is 0.316. The molecular weight excluding hydrogens is 320 g/mol. The van der Waals surface area contributed by atoms with Gasteiger partial charge in [-0.15, -0.1) is 0 Å². The first-order valence-electron chi connectivity index (χ1n) is 8.37. The van der Waals surface area contributed by atoms with Gasteiger partial charge in [0.1, 0.15) is 0 Å². The molecule has 0 radical (unpaired) electrons. The van der Waals surface area contributed by atoms with Gasteiger partial charge in [0.15, 0.2) is 0 Å². The van der Waals surface area contributed by atoms with Gasteiger partial charge in [-0.2, -0.15) is 18.4 Å². The Hall–Kier alpha value is -2.14. The number of hydrogen-bond donors (Lipinski definition) is 1. The van der Waals surface area contributed by atoms with Crippen LogP contribution in [-0.4, -0.2) is 14.1 Å². The summed E-state index contributed by atoms with van der Waals surface area (Å²) >= 11 is 0. The third-order valence-electron chi connectivity index (χ3n) is 4.40. The van der Waals surface area contributed by atoms with Gasteiger partial charge in [-0.1, -0.05) is 67.8 Å². The third kappa shape index (κ3) is 4.03. The van der Waals surface area contributed by atoms with Crippen LogP contribution in [0.15, 0.2) is 70.7 Å². The lowest BCUT2D eigenvalue weighted by Crippen LogP contribution is -2.25. The summed E-state index contributed by atoms with van der Waals surface area (Å²) in [6.45, 7) is 0. The van der Waals surface area contributed by atoms with E-state index in [1.54, 1.807) is 30.3 Å². The monoisotopic (exact) mass is 342 g/mol. The van der Waals surface area contributed by atoms with E-state index >= 15 is 0 Å². The molecule has 24 heavy (non-hydrogen) atoms. The smallest absolute Gasteiger partial charge is 0.200 e. The van der Waals surface area contributed by atoms with E-state index in [1.165, 1.54) is 19.3 Å². The molecule has 0 heterocycles. The van der Waals surface area contributed by atoms with Crippen molar-refractivity contribution in [3.63, 3.8) is 0 Å². The van der Waals surface area contributed by atoms with E-state index in [1.807, 2.05) is 30.3 Å². The van der Waals surface area contributed by atoms with E-state index in [9.17, 15) is 8.42 Å². The maximum absolute atomic E-state index is 12.4. The van der Waals surface area contributed by atoms with Gasteiger partial charge in [0.2, 0.25) is 0 Å². The highest BCUT2D eigenvalue weighted by Gasteiger charge is 2.22.